The Morgan fingerprint density at radius 3 is 2.61 bits per heavy atom. The van der Waals surface area contributed by atoms with E-state index in [0.29, 0.717) is 23.8 Å². The van der Waals surface area contributed by atoms with Crippen molar-refractivity contribution in [3.05, 3.63) is 40.1 Å². The summed E-state index contributed by atoms with van der Waals surface area (Å²) >= 11 is 0. The minimum absolute atomic E-state index is 0.0282. The number of aromatic amines is 1. The highest BCUT2D eigenvalue weighted by Gasteiger charge is 2.34. The standard InChI is InChI=1S/C21H25N7O5/c1-21(2,3)10-27-15-7-13(25-14-9-22-12(8-23-14)20(32)33-4)26-28(15)19(31)16(18(27)30)17(29)24-11-5-6-11/h7-9,11H,5-6,10H2,1-4H3,(H3,23,24,25,26,29,30,31,32)/p+1. The first kappa shape index (κ1) is 22.2. The number of methoxy groups -OCH3 is 1. The van der Waals surface area contributed by atoms with Gasteiger partial charge in [-0.1, -0.05) is 25.3 Å². The average Bonchev–Trinajstić information content (AvgIpc) is 3.46. The van der Waals surface area contributed by atoms with Crippen LogP contribution in [0.5, 0.6) is 5.88 Å². The first-order valence-electron chi connectivity index (χ1n) is 10.5. The molecule has 3 heterocycles. The summed E-state index contributed by atoms with van der Waals surface area (Å²) in [5.41, 5.74) is -0.845. The fourth-order valence-corrected chi connectivity index (χ4v) is 3.33. The third-order valence-corrected chi connectivity index (χ3v) is 4.99. The van der Waals surface area contributed by atoms with Crippen molar-refractivity contribution < 1.29 is 24.0 Å². The van der Waals surface area contributed by atoms with Gasteiger partial charge in [-0.15, -0.1) is 0 Å². The molecule has 174 valence electrons. The molecule has 12 heteroatoms. The van der Waals surface area contributed by atoms with E-state index in [1.807, 2.05) is 20.8 Å². The molecule has 3 aromatic rings. The van der Waals surface area contributed by atoms with Gasteiger partial charge in [0.25, 0.3) is 5.91 Å². The average molecular weight is 456 g/mol. The summed E-state index contributed by atoms with van der Waals surface area (Å²) in [7, 11) is 1.25. The zero-order valence-electron chi connectivity index (χ0n) is 18.8. The van der Waals surface area contributed by atoms with Crippen LogP contribution in [0.25, 0.3) is 5.65 Å². The van der Waals surface area contributed by atoms with Crippen LogP contribution in [0.3, 0.4) is 0 Å². The number of rotatable bonds is 6. The van der Waals surface area contributed by atoms with Crippen LogP contribution in [-0.4, -0.2) is 49.7 Å². The summed E-state index contributed by atoms with van der Waals surface area (Å²) in [6.07, 6.45) is 4.31. The molecule has 0 spiro atoms. The van der Waals surface area contributed by atoms with Gasteiger partial charge >= 0.3 is 23.1 Å². The SMILES string of the molecule is COC(=O)c1cnc(Nc2cc3n([nH]2)c(=O)c(C(=O)NC2CC2)c(O)[n+]3CC(C)(C)C)cn1. The highest BCUT2D eigenvalue weighted by atomic mass is 16.5. The zero-order valence-corrected chi connectivity index (χ0v) is 18.8. The Labute approximate surface area is 188 Å². The van der Waals surface area contributed by atoms with E-state index in [-0.39, 0.29) is 28.6 Å². The minimum atomic E-state index is -0.675. The van der Waals surface area contributed by atoms with E-state index in [9.17, 15) is 19.5 Å². The first-order chi connectivity index (χ1) is 15.6. The number of anilines is 2. The zero-order chi connectivity index (χ0) is 23.9. The number of ether oxygens (including phenoxy) is 1. The van der Waals surface area contributed by atoms with Crippen LogP contribution in [0.15, 0.2) is 23.3 Å². The smallest absolute Gasteiger partial charge is 0.378 e. The van der Waals surface area contributed by atoms with Gasteiger partial charge in [0, 0.05) is 6.04 Å². The molecule has 3 aromatic heterocycles. The van der Waals surface area contributed by atoms with Crippen molar-refractivity contribution in [1.29, 1.82) is 0 Å². The fraction of sp³-hybridized carbons (Fsp3) is 0.429. The Morgan fingerprint density at radius 1 is 1.30 bits per heavy atom. The maximum absolute atomic E-state index is 13.1. The highest BCUT2D eigenvalue weighted by Crippen LogP contribution is 2.22. The first-order valence-corrected chi connectivity index (χ1v) is 10.5. The lowest BCUT2D eigenvalue weighted by atomic mass is 9.96. The minimum Gasteiger partial charge on any atom is -0.477 e. The highest BCUT2D eigenvalue weighted by molar-refractivity contribution is 5.96. The Balaban J connectivity index is 1.76. The molecule has 0 atom stereocenters. The van der Waals surface area contributed by atoms with Crippen molar-refractivity contribution in [3.8, 4) is 5.88 Å². The molecule has 0 radical (unpaired) electrons. The molecule has 0 aromatic carbocycles. The monoisotopic (exact) mass is 456 g/mol. The summed E-state index contributed by atoms with van der Waals surface area (Å²) in [6, 6.07) is 1.64. The van der Waals surface area contributed by atoms with E-state index in [0.717, 1.165) is 12.8 Å². The Hall–Kier alpha value is -3.96. The third kappa shape index (κ3) is 4.64. The molecule has 1 aliphatic rings. The summed E-state index contributed by atoms with van der Waals surface area (Å²) < 4.78 is 7.33. The van der Waals surface area contributed by atoms with E-state index in [4.69, 9.17) is 0 Å². The van der Waals surface area contributed by atoms with Crippen LogP contribution in [0, 0.1) is 5.41 Å². The molecular weight excluding hydrogens is 430 g/mol. The molecule has 1 saturated carbocycles. The number of nitrogens with one attached hydrogen (secondary N) is 3. The van der Waals surface area contributed by atoms with Gasteiger partial charge in [0.05, 0.1) is 32.1 Å². The van der Waals surface area contributed by atoms with Crippen LogP contribution >= 0.6 is 0 Å². The molecule has 1 amide bonds. The Kier molecular flexibility index (Phi) is 5.52. The van der Waals surface area contributed by atoms with Crippen molar-refractivity contribution >= 4 is 29.2 Å². The largest absolute Gasteiger partial charge is 0.477 e. The molecule has 4 N–H and O–H groups in total. The van der Waals surface area contributed by atoms with Crippen molar-refractivity contribution in [2.75, 3.05) is 12.4 Å². The lowest BCUT2D eigenvalue weighted by Gasteiger charge is -2.17. The van der Waals surface area contributed by atoms with Crippen molar-refractivity contribution in [3.63, 3.8) is 0 Å². The fourth-order valence-electron chi connectivity index (χ4n) is 3.33. The van der Waals surface area contributed by atoms with E-state index in [2.05, 4.69) is 30.4 Å². The summed E-state index contributed by atoms with van der Waals surface area (Å²) in [5, 5.41) is 19.6. The molecule has 4 rings (SSSR count). The lowest BCUT2D eigenvalue weighted by Crippen LogP contribution is -2.47. The van der Waals surface area contributed by atoms with Gasteiger partial charge in [0.2, 0.25) is 5.56 Å². The van der Waals surface area contributed by atoms with Crippen LogP contribution in [0.2, 0.25) is 0 Å². The van der Waals surface area contributed by atoms with Gasteiger partial charge in [-0.3, -0.25) is 4.79 Å². The second-order valence-corrected chi connectivity index (χ2v) is 9.17. The van der Waals surface area contributed by atoms with Gasteiger partial charge < -0.3 is 20.5 Å². The van der Waals surface area contributed by atoms with E-state index < -0.39 is 17.4 Å². The number of hydrogen-bond donors (Lipinski definition) is 4. The molecule has 0 unspecified atom stereocenters. The number of hydrogen-bond acceptors (Lipinski definition) is 8. The number of carbonyl (C=O) groups is 2. The molecule has 1 aliphatic carbocycles. The van der Waals surface area contributed by atoms with Crippen molar-refractivity contribution in [2.24, 2.45) is 5.41 Å². The lowest BCUT2D eigenvalue weighted by molar-refractivity contribution is -0.692. The van der Waals surface area contributed by atoms with E-state index in [1.54, 1.807) is 6.07 Å². The maximum Gasteiger partial charge on any atom is 0.378 e. The van der Waals surface area contributed by atoms with Crippen molar-refractivity contribution in [1.82, 2.24) is 24.9 Å². The molecule has 0 saturated heterocycles. The third-order valence-electron chi connectivity index (χ3n) is 4.99. The van der Waals surface area contributed by atoms with Gasteiger partial charge in [-0.2, -0.15) is 4.57 Å². The Bertz CT molecular complexity index is 1280. The summed E-state index contributed by atoms with van der Waals surface area (Å²) in [5.74, 6) is -0.928. The predicted molar refractivity (Wildman–Crippen MR) is 116 cm³/mol. The number of H-pyrrole nitrogens is 1. The molecule has 12 nitrogen and oxygen atoms in total. The normalized spacial score (nSPS) is 13.7. The van der Waals surface area contributed by atoms with Crippen LogP contribution in [-0.2, 0) is 11.3 Å². The van der Waals surface area contributed by atoms with Crippen LogP contribution < -0.4 is 20.8 Å². The number of esters is 1. The second-order valence-electron chi connectivity index (χ2n) is 9.17. The van der Waals surface area contributed by atoms with Crippen LogP contribution in [0.4, 0.5) is 11.6 Å². The number of fused-ring (bicyclic) bond motifs is 1. The number of amides is 1. The van der Waals surface area contributed by atoms with Gasteiger partial charge in [-0.25, -0.2) is 24.7 Å². The molecular formula is C21H26N7O5+. The maximum atomic E-state index is 13.1. The quantitative estimate of drug-likeness (QED) is 0.315. The summed E-state index contributed by atoms with van der Waals surface area (Å²) in [4.78, 5) is 45.5. The molecule has 33 heavy (non-hydrogen) atoms. The van der Waals surface area contributed by atoms with Gasteiger partial charge in [0.1, 0.15) is 5.82 Å². The second kappa shape index (κ2) is 8.19. The molecule has 0 aliphatic heterocycles. The topological polar surface area (TPSA) is 155 Å². The Morgan fingerprint density at radius 2 is 2.03 bits per heavy atom. The van der Waals surface area contributed by atoms with Gasteiger partial charge in [0.15, 0.2) is 11.5 Å². The number of nitrogens with zero attached hydrogens (tertiary/aromatic N) is 4. The van der Waals surface area contributed by atoms with E-state index >= 15 is 0 Å². The molecule has 0 bridgehead atoms. The molecule has 1 fully saturated rings. The summed E-state index contributed by atoms with van der Waals surface area (Å²) in [6.45, 7) is 6.29. The van der Waals surface area contributed by atoms with E-state index in [1.165, 1.54) is 28.6 Å². The van der Waals surface area contributed by atoms with Crippen molar-refractivity contribution in [2.45, 2.75) is 46.2 Å². The number of aromatic hydroxyl groups is 1. The number of carbonyl (C=O) groups excluding carboxylic acids is 2. The predicted octanol–water partition coefficient (Wildman–Crippen LogP) is 0.879. The van der Waals surface area contributed by atoms with Crippen LogP contribution in [0.1, 0.15) is 54.5 Å². The van der Waals surface area contributed by atoms with Gasteiger partial charge in [-0.05, 0) is 18.3 Å². The number of aromatic nitrogens is 5.